The van der Waals surface area contributed by atoms with Crippen molar-refractivity contribution in [3.05, 3.63) is 86.3 Å². The molecule has 0 spiro atoms. The summed E-state index contributed by atoms with van der Waals surface area (Å²) in [4.78, 5) is 33.4. The highest BCUT2D eigenvalue weighted by molar-refractivity contribution is 7.99. The Balaban J connectivity index is 1.67. The van der Waals surface area contributed by atoms with E-state index in [0.29, 0.717) is 33.3 Å². The van der Waals surface area contributed by atoms with Crippen LogP contribution in [0.25, 0.3) is 16.6 Å². The van der Waals surface area contributed by atoms with Gasteiger partial charge in [-0.15, -0.1) is 11.3 Å². The van der Waals surface area contributed by atoms with Gasteiger partial charge in [0.25, 0.3) is 5.56 Å². The van der Waals surface area contributed by atoms with Crippen molar-refractivity contribution >= 4 is 51.5 Å². The van der Waals surface area contributed by atoms with Gasteiger partial charge in [0.05, 0.1) is 33.9 Å². The van der Waals surface area contributed by atoms with Crippen molar-refractivity contribution in [2.75, 3.05) is 12.8 Å². The number of benzene rings is 2. The standard InChI is InChI=1S/C22H18ClN3O2S2/c1-25(13-15-7-6-12-29-15)20(27)14-30-22-24-18-10-4-2-8-16(18)21(28)26(22)19-11-5-3-9-17(19)23/h2-12H,13-14H2,1H3. The molecule has 0 aliphatic heterocycles. The Labute approximate surface area is 186 Å². The van der Waals surface area contributed by atoms with Gasteiger partial charge in [0.2, 0.25) is 5.91 Å². The molecule has 1 amide bonds. The zero-order valence-electron chi connectivity index (χ0n) is 16.1. The summed E-state index contributed by atoms with van der Waals surface area (Å²) in [5.41, 5.74) is 0.924. The van der Waals surface area contributed by atoms with Crippen molar-refractivity contribution < 1.29 is 4.79 Å². The fraction of sp³-hybridized carbons (Fsp3) is 0.136. The van der Waals surface area contributed by atoms with Crippen LogP contribution in [0.4, 0.5) is 0 Å². The average molecular weight is 456 g/mol. The van der Waals surface area contributed by atoms with Gasteiger partial charge in [-0.2, -0.15) is 0 Å². The summed E-state index contributed by atoms with van der Waals surface area (Å²) in [5, 5.41) is 3.37. The maximum absolute atomic E-state index is 13.2. The third-order valence-corrected chi connectivity index (χ3v) is 6.67. The van der Waals surface area contributed by atoms with Crippen molar-refractivity contribution in [1.29, 1.82) is 0 Å². The van der Waals surface area contributed by atoms with Crippen LogP contribution < -0.4 is 5.56 Å². The lowest BCUT2D eigenvalue weighted by molar-refractivity contribution is -0.127. The maximum atomic E-state index is 13.2. The normalized spacial score (nSPS) is 11.0. The summed E-state index contributed by atoms with van der Waals surface area (Å²) in [5.74, 6) is 0.124. The van der Waals surface area contributed by atoms with Crippen molar-refractivity contribution in [3.8, 4) is 5.69 Å². The molecule has 2 aromatic carbocycles. The summed E-state index contributed by atoms with van der Waals surface area (Å²) in [7, 11) is 1.78. The number of rotatable bonds is 6. The van der Waals surface area contributed by atoms with Crippen LogP contribution >= 0.6 is 34.7 Å². The number of thiophene rings is 1. The second-order valence-corrected chi connectivity index (χ2v) is 9.00. The Morgan fingerprint density at radius 2 is 1.90 bits per heavy atom. The highest BCUT2D eigenvalue weighted by Crippen LogP contribution is 2.26. The van der Waals surface area contributed by atoms with E-state index in [1.807, 2.05) is 29.6 Å². The number of amides is 1. The number of carbonyl (C=O) groups excluding carboxylic acids is 1. The Hall–Kier alpha value is -2.61. The highest BCUT2D eigenvalue weighted by Gasteiger charge is 2.18. The molecular formula is C22H18ClN3O2S2. The first kappa shape index (κ1) is 20.7. The van der Waals surface area contributed by atoms with Crippen LogP contribution in [0.15, 0.2) is 76.0 Å². The fourth-order valence-corrected chi connectivity index (χ4v) is 4.94. The number of para-hydroxylation sites is 2. The largest absolute Gasteiger partial charge is 0.340 e. The number of fused-ring (bicyclic) bond motifs is 1. The van der Waals surface area contributed by atoms with Gasteiger partial charge in [0, 0.05) is 11.9 Å². The molecule has 2 heterocycles. The lowest BCUT2D eigenvalue weighted by Crippen LogP contribution is -2.28. The smallest absolute Gasteiger partial charge is 0.266 e. The molecule has 4 aromatic rings. The average Bonchev–Trinajstić information content (AvgIpc) is 3.26. The molecule has 0 aliphatic rings. The Kier molecular flexibility index (Phi) is 6.22. The van der Waals surface area contributed by atoms with Crippen LogP contribution in [-0.4, -0.2) is 33.2 Å². The highest BCUT2D eigenvalue weighted by atomic mass is 35.5. The predicted octanol–water partition coefficient (Wildman–Crippen LogP) is 4.85. The molecule has 0 saturated heterocycles. The van der Waals surface area contributed by atoms with Crippen LogP contribution in [-0.2, 0) is 11.3 Å². The summed E-state index contributed by atoms with van der Waals surface area (Å²) >= 11 is 9.22. The van der Waals surface area contributed by atoms with E-state index in [4.69, 9.17) is 11.6 Å². The first-order valence-corrected chi connectivity index (χ1v) is 11.4. The van der Waals surface area contributed by atoms with Crippen LogP contribution in [0, 0.1) is 0 Å². The van der Waals surface area contributed by atoms with E-state index in [1.54, 1.807) is 59.7 Å². The van der Waals surface area contributed by atoms with Crippen molar-refractivity contribution in [3.63, 3.8) is 0 Å². The Bertz CT molecular complexity index is 1250. The van der Waals surface area contributed by atoms with Crippen LogP contribution in [0.2, 0.25) is 5.02 Å². The lowest BCUT2D eigenvalue weighted by Gasteiger charge is -2.17. The van der Waals surface area contributed by atoms with E-state index in [9.17, 15) is 9.59 Å². The van der Waals surface area contributed by atoms with E-state index >= 15 is 0 Å². The third-order valence-electron chi connectivity index (χ3n) is 4.56. The number of hydrogen-bond acceptors (Lipinski definition) is 5. The van der Waals surface area contributed by atoms with Gasteiger partial charge in [0.15, 0.2) is 5.16 Å². The van der Waals surface area contributed by atoms with Gasteiger partial charge >= 0.3 is 0 Å². The summed E-state index contributed by atoms with van der Waals surface area (Å²) in [6, 6.07) is 18.3. The molecule has 0 bridgehead atoms. The lowest BCUT2D eigenvalue weighted by atomic mass is 10.2. The first-order valence-electron chi connectivity index (χ1n) is 9.20. The van der Waals surface area contributed by atoms with Crippen LogP contribution in [0.3, 0.4) is 0 Å². The summed E-state index contributed by atoms with van der Waals surface area (Å²) < 4.78 is 1.49. The molecule has 2 aromatic heterocycles. The van der Waals surface area contributed by atoms with Gasteiger partial charge in [0.1, 0.15) is 0 Å². The van der Waals surface area contributed by atoms with E-state index in [0.717, 1.165) is 4.88 Å². The minimum absolute atomic E-state index is 0.0403. The number of aromatic nitrogens is 2. The molecule has 0 radical (unpaired) electrons. The van der Waals surface area contributed by atoms with Crippen molar-refractivity contribution in [2.24, 2.45) is 0 Å². The van der Waals surface area contributed by atoms with Crippen molar-refractivity contribution in [2.45, 2.75) is 11.7 Å². The molecule has 8 heteroatoms. The number of nitrogens with zero attached hydrogens (tertiary/aromatic N) is 3. The molecule has 30 heavy (non-hydrogen) atoms. The number of carbonyl (C=O) groups is 1. The monoisotopic (exact) mass is 455 g/mol. The van der Waals surface area contributed by atoms with Gasteiger partial charge in [-0.25, -0.2) is 4.98 Å². The van der Waals surface area contributed by atoms with E-state index in [1.165, 1.54) is 16.3 Å². The number of halogens is 1. The third kappa shape index (κ3) is 4.28. The molecule has 0 fully saturated rings. The topological polar surface area (TPSA) is 55.2 Å². The zero-order valence-corrected chi connectivity index (χ0v) is 18.5. The quantitative estimate of drug-likeness (QED) is 0.308. The molecule has 0 saturated carbocycles. The molecule has 0 N–H and O–H groups in total. The van der Waals surface area contributed by atoms with Gasteiger partial charge < -0.3 is 4.90 Å². The molecule has 0 atom stereocenters. The maximum Gasteiger partial charge on any atom is 0.266 e. The second-order valence-electron chi connectivity index (χ2n) is 6.62. The molecular weight excluding hydrogens is 438 g/mol. The van der Waals surface area contributed by atoms with E-state index in [2.05, 4.69) is 4.98 Å². The molecule has 0 aliphatic carbocycles. The van der Waals surface area contributed by atoms with Gasteiger partial charge in [-0.05, 0) is 35.7 Å². The Morgan fingerprint density at radius 3 is 2.67 bits per heavy atom. The van der Waals surface area contributed by atoms with Crippen LogP contribution in [0.1, 0.15) is 4.88 Å². The predicted molar refractivity (Wildman–Crippen MR) is 124 cm³/mol. The Morgan fingerprint density at radius 1 is 1.13 bits per heavy atom. The minimum Gasteiger partial charge on any atom is -0.340 e. The summed E-state index contributed by atoms with van der Waals surface area (Å²) in [6.45, 7) is 0.555. The van der Waals surface area contributed by atoms with Crippen molar-refractivity contribution in [1.82, 2.24) is 14.5 Å². The molecule has 5 nitrogen and oxygen atoms in total. The van der Waals surface area contributed by atoms with E-state index < -0.39 is 0 Å². The fourth-order valence-electron chi connectivity index (χ4n) is 3.02. The van der Waals surface area contributed by atoms with Gasteiger partial charge in [-0.3, -0.25) is 14.2 Å². The van der Waals surface area contributed by atoms with Gasteiger partial charge in [-0.1, -0.05) is 53.7 Å². The molecule has 4 rings (SSSR count). The number of thioether (sulfide) groups is 1. The first-order chi connectivity index (χ1) is 14.5. The SMILES string of the molecule is CN(Cc1cccs1)C(=O)CSc1nc2ccccc2c(=O)n1-c1ccccc1Cl. The van der Waals surface area contributed by atoms with E-state index in [-0.39, 0.29) is 17.2 Å². The zero-order chi connectivity index (χ0) is 21.1. The minimum atomic E-state index is -0.212. The molecule has 152 valence electrons. The van der Waals surface area contributed by atoms with Crippen LogP contribution in [0.5, 0.6) is 0 Å². The molecule has 0 unspecified atom stereocenters. The summed E-state index contributed by atoms with van der Waals surface area (Å²) in [6.07, 6.45) is 0. The number of hydrogen-bond donors (Lipinski definition) is 0. The second kappa shape index (κ2) is 9.04.